The largest absolute Gasteiger partial charge is 0.428 e. The molecule has 3 aromatic carbocycles. The van der Waals surface area contributed by atoms with E-state index >= 15 is 0 Å². The maximum Gasteiger partial charge on any atom is 0.228 e. The molecule has 0 atom stereocenters. The molecular formula is C23H16FNO4S2. The summed E-state index contributed by atoms with van der Waals surface area (Å²) < 4.78 is 45.4. The van der Waals surface area contributed by atoms with E-state index in [0.29, 0.717) is 11.1 Å². The summed E-state index contributed by atoms with van der Waals surface area (Å²) in [7, 11) is -3.99. The molecule has 0 aliphatic rings. The number of hydrogen-bond acceptors (Lipinski definition) is 6. The summed E-state index contributed by atoms with van der Waals surface area (Å²) in [5.41, 5.74) is 0.938. The van der Waals surface area contributed by atoms with E-state index < -0.39 is 15.7 Å². The molecule has 4 rings (SSSR count). The smallest absolute Gasteiger partial charge is 0.228 e. The number of sulfone groups is 1. The average Bonchev–Trinajstić information content (AvgIpc) is 3.24. The fourth-order valence-electron chi connectivity index (χ4n) is 2.82. The monoisotopic (exact) mass is 453 g/mol. The van der Waals surface area contributed by atoms with Gasteiger partial charge >= 0.3 is 0 Å². The highest BCUT2D eigenvalue weighted by Crippen LogP contribution is 2.35. The van der Waals surface area contributed by atoms with Gasteiger partial charge in [-0.3, -0.25) is 4.79 Å². The highest BCUT2D eigenvalue weighted by Gasteiger charge is 2.29. The molecule has 0 amide bonds. The summed E-state index contributed by atoms with van der Waals surface area (Å²) in [6.07, 6.45) is 0. The molecule has 0 N–H and O–H groups in total. The summed E-state index contributed by atoms with van der Waals surface area (Å²) in [5.74, 6) is -0.604. The first kappa shape index (κ1) is 21.0. The van der Waals surface area contributed by atoms with Gasteiger partial charge in [-0.25, -0.2) is 12.8 Å². The van der Waals surface area contributed by atoms with Crippen LogP contribution in [0.1, 0.15) is 10.4 Å². The summed E-state index contributed by atoms with van der Waals surface area (Å²) >= 11 is 0.958. The molecule has 0 spiro atoms. The molecule has 156 valence electrons. The van der Waals surface area contributed by atoms with Crippen molar-refractivity contribution in [2.75, 3.05) is 5.75 Å². The Morgan fingerprint density at radius 3 is 2.16 bits per heavy atom. The molecule has 0 radical (unpaired) electrons. The third-order valence-electron chi connectivity index (χ3n) is 4.40. The van der Waals surface area contributed by atoms with Gasteiger partial charge in [-0.1, -0.05) is 60.3 Å². The Bertz CT molecular complexity index is 1300. The zero-order valence-electron chi connectivity index (χ0n) is 16.1. The second-order valence-electron chi connectivity index (χ2n) is 6.51. The second-order valence-corrected chi connectivity index (χ2v) is 9.33. The normalized spacial score (nSPS) is 11.4. The van der Waals surface area contributed by atoms with E-state index in [2.05, 4.69) is 4.98 Å². The van der Waals surface area contributed by atoms with E-state index in [9.17, 15) is 17.6 Å². The van der Waals surface area contributed by atoms with Gasteiger partial charge in [0.05, 0.1) is 10.6 Å². The Morgan fingerprint density at radius 2 is 1.52 bits per heavy atom. The first-order valence-electron chi connectivity index (χ1n) is 9.23. The van der Waals surface area contributed by atoms with Crippen LogP contribution in [0.3, 0.4) is 0 Å². The standard InChI is InChI=1S/C23H16FNO4S2/c24-18-13-11-17(12-14-18)21-25-22(31(27,28)19-9-5-2-6-10-19)23(29-21)30-15-20(26)16-7-3-1-4-8-16/h1-14H,15H2. The Kier molecular flexibility index (Phi) is 6.01. The van der Waals surface area contributed by atoms with E-state index in [4.69, 9.17) is 4.42 Å². The van der Waals surface area contributed by atoms with Gasteiger partial charge in [0.15, 0.2) is 5.78 Å². The number of ketones is 1. The van der Waals surface area contributed by atoms with Crippen LogP contribution < -0.4 is 0 Å². The van der Waals surface area contributed by atoms with E-state index in [-0.39, 0.29) is 32.4 Å². The Hall–Kier alpha value is -3.23. The lowest BCUT2D eigenvalue weighted by Crippen LogP contribution is -2.05. The van der Waals surface area contributed by atoms with E-state index in [1.54, 1.807) is 48.5 Å². The van der Waals surface area contributed by atoms with Crippen molar-refractivity contribution < 1.29 is 22.0 Å². The van der Waals surface area contributed by atoms with Gasteiger partial charge in [0, 0.05) is 11.1 Å². The SMILES string of the molecule is O=C(CSc1oc(-c2ccc(F)cc2)nc1S(=O)(=O)c1ccccc1)c1ccccc1. The third kappa shape index (κ3) is 4.60. The summed E-state index contributed by atoms with van der Waals surface area (Å²) in [5, 5.41) is -0.267. The zero-order chi connectivity index (χ0) is 21.8. The van der Waals surface area contributed by atoms with Crippen molar-refractivity contribution in [3.8, 4) is 11.5 Å². The van der Waals surface area contributed by atoms with Crippen LogP contribution in [-0.2, 0) is 9.84 Å². The fourth-order valence-corrected chi connectivity index (χ4v) is 5.26. The first-order chi connectivity index (χ1) is 14.9. The number of halogens is 1. The molecule has 0 aliphatic carbocycles. The lowest BCUT2D eigenvalue weighted by molar-refractivity contribution is 0.102. The molecular weight excluding hydrogens is 437 g/mol. The Morgan fingerprint density at radius 1 is 0.903 bits per heavy atom. The molecule has 1 aromatic heterocycles. The number of rotatable bonds is 7. The quantitative estimate of drug-likeness (QED) is 0.280. The summed E-state index contributed by atoms with van der Waals surface area (Å²) in [6.45, 7) is 0. The lowest BCUT2D eigenvalue weighted by atomic mass is 10.2. The van der Waals surface area contributed by atoms with Gasteiger partial charge in [-0.05, 0) is 36.4 Å². The predicted molar refractivity (Wildman–Crippen MR) is 115 cm³/mol. The average molecular weight is 454 g/mol. The van der Waals surface area contributed by atoms with E-state index in [1.807, 2.05) is 0 Å². The van der Waals surface area contributed by atoms with Crippen molar-refractivity contribution in [3.63, 3.8) is 0 Å². The highest BCUT2D eigenvalue weighted by molar-refractivity contribution is 8.00. The zero-order valence-corrected chi connectivity index (χ0v) is 17.7. The molecule has 0 unspecified atom stereocenters. The molecule has 1 heterocycles. The van der Waals surface area contributed by atoms with Crippen molar-refractivity contribution in [1.29, 1.82) is 0 Å². The van der Waals surface area contributed by atoms with Gasteiger partial charge < -0.3 is 4.42 Å². The number of carbonyl (C=O) groups is 1. The molecule has 8 heteroatoms. The minimum atomic E-state index is -3.99. The summed E-state index contributed by atoms with van der Waals surface area (Å²) in [6, 6.07) is 21.9. The van der Waals surface area contributed by atoms with Crippen LogP contribution in [0, 0.1) is 5.82 Å². The van der Waals surface area contributed by atoms with Crippen LogP contribution >= 0.6 is 11.8 Å². The topological polar surface area (TPSA) is 77.2 Å². The van der Waals surface area contributed by atoms with Crippen LogP contribution in [0.25, 0.3) is 11.5 Å². The maximum absolute atomic E-state index is 13.3. The number of nitrogens with zero attached hydrogens (tertiary/aromatic N) is 1. The minimum absolute atomic E-state index is 0.00691. The summed E-state index contributed by atoms with van der Waals surface area (Å²) in [4.78, 5) is 16.7. The van der Waals surface area contributed by atoms with Crippen molar-refractivity contribution >= 4 is 27.4 Å². The number of hydrogen-bond donors (Lipinski definition) is 0. The lowest BCUT2D eigenvalue weighted by Gasteiger charge is -2.03. The van der Waals surface area contributed by atoms with Gasteiger partial charge in [0.25, 0.3) is 0 Å². The fraction of sp³-hybridized carbons (Fsp3) is 0.0435. The molecule has 0 saturated carbocycles. The van der Waals surface area contributed by atoms with Gasteiger partial charge in [-0.2, -0.15) is 4.98 Å². The van der Waals surface area contributed by atoms with E-state index in [0.717, 1.165) is 11.8 Å². The number of benzene rings is 3. The van der Waals surface area contributed by atoms with Crippen LogP contribution in [0.15, 0.2) is 104 Å². The first-order valence-corrected chi connectivity index (χ1v) is 11.7. The van der Waals surface area contributed by atoms with E-state index in [1.165, 1.54) is 36.4 Å². The third-order valence-corrected chi connectivity index (χ3v) is 7.15. The van der Waals surface area contributed by atoms with Crippen molar-refractivity contribution in [2.24, 2.45) is 0 Å². The predicted octanol–water partition coefficient (Wildman–Crippen LogP) is 5.29. The van der Waals surface area contributed by atoms with Crippen LogP contribution in [0.4, 0.5) is 4.39 Å². The second kappa shape index (κ2) is 8.87. The van der Waals surface area contributed by atoms with Gasteiger partial charge in [0.2, 0.25) is 25.8 Å². The van der Waals surface area contributed by atoms with Crippen molar-refractivity contribution in [3.05, 3.63) is 96.3 Å². The molecule has 0 fully saturated rings. The molecule has 5 nitrogen and oxygen atoms in total. The molecule has 0 aliphatic heterocycles. The van der Waals surface area contributed by atoms with Gasteiger partial charge in [-0.15, -0.1) is 0 Å². The molecule has 31 heavy (non-hydrogen) atoms. The van der Waals surface area contributed by atoms with Gasteiger partial charge in [0.1, 0.15) is 5.82 Å². The van der Waals surface area contributed by atoms with Crippen molar-refractivity contribution in [1.82, 2.24) is 4.98 Å². The minimum Gasteiger partial charge on any atom is -0.428 e. The molecule has 0 bridgehead atoms. The highest BCUT2D eigenvalue weighted by atomic mass is 32.2. The number of Topliss-reactive ketones (excluding diaryl/α,β-unsaturated/α-hetero) is 1. The number of oxazole rings is 1. The van der Waals surface area contributed by atoms with Crippen molar-refractivity contribution in [2.45, 2.75) is 15.0 Å². The number of aromatic nitrogens is 1. The molecule has 0 saturated heterocycles. The van der Waals surface area contributed by atoms with Crippen LogP contribution in [0.2, 0.25) is 0 Å². The number of carbonyl (C=O) groups excluding carboxylic acids is 1. The Balaban J connectivity index is 1.72. The van der Waals surface area contributed by atoms with Crippen LogP contribution in [-0.4, -0.2) is 24.9 Å². The Labute approximate surface area is 182 Å². The molecule has 4 aromatic rings. The maximum atomic E-state index is 13.3. The number of thioether (sulfide) groups is 1. The van der Waals surface area contributed by atoms with Crippen LogP contribution in [0.5, 0.6) is 0 Å².